The van der Waals surface area contributed by atoms with Crippen LogP contribution in [0.15, 0.2) is 36.7 Å². The summed E-state index contributed by atoms with van der Waals surface area (Å²) in [5.74, 6) is -0.119. The van der Waals surface area contributed by atoms with Crippen LogP contribution in [0.25, 0.3) is 11.0 Å². The summed E-state index contributed by atoms with van der Waals surface area (Å²) in [6.45, 7) is 0. The SMILES string of the molecule is O=C(Nc1nc2ccccc2nc1Cl)c1cn[nH]c1. The maximum Gasteiger partial charge on any atom is 0.260 e. The average Bonchev–Trinajstić information content (AvgIpc) is 2.93. The lowest BCUT2D eigenvalue weighted by Crippen LogP contribution is -2.13. The van der Waals surface area contributed by atoms with Crippen molar-refractivity contribution in [2.45, 2.75) is 0 Å². The molecule has 3 rings (SSSR count). The number of H-pyrrole nitrogens is 1. The molecular formula is C12H8ClN5O. The Balaban J connectivity index is 1.96. The van der Waals surface area contributed by atoms with E-state index in [2.05, 4.69) is 25.5 Å². The van der Waals surface area contributed by atoms with Crippen molar-refractivity contribution in [3.63, 3.8) is 0 Å². The molecule has 2 N–H and O–H groups in total. The molecule has 0 saturated carbocycles. The van der Waals surface area contributed by atoms with Crippen molar-refractivity contribution in [1.82, 2.24) is 20.2 Å². The molecule has 0 unspecified atom stereocenters. The fraction of sp³-hybridized carbons (Fsp3) is 0. The van der Waals surface area contributed by atoms with Gasteiger partial charge in [0, 0.05) is 6.20 Å². The Morgan fingerprint density at radius 1 is 1.21 bits per heavy atom. The highest BCUT2D eigenvalue weighted by Crippen LogP contribution is 2.21. The second kappa shape index (κ2) is 4.66. The van der Waals surface area contributed by atoms with Gasteiger partial charge in [0.15, 0.2) is 11.0 Å². The lowest BCUT2D eigenvalue weighted by atomic mass is 10.3. The van der Waals surface area contributed by atoms with Crippen LogP contribution in [0.3, 0.4) is 0 Å². The van der Waals surface area contributed by atoms with Crippen molar-refractivity contribution in [2.24, 2.45) is 0 Å². The first-order valence-electron chi connectivity index (χ1n) is 5.46. The van der Waals surface area contributed by atoms with E-state index in [0.717, 1.165) is 0 Å². The average molecular weight is 274 g/mol. The Morgan fingerprint density at radius 3 is 2.63 bits per heavy atom. The van der Waals surface area contributed by atoms with Crippen molar-refractivity contribution < 1.29 is 4.79 Å². The van der Waals surface area contributed by atoms with Crippen LogP contribution in [0.1, 0.15) is 10.4 Å². The number of nitrogens with zero attached hydrogens (tertiary/aromatic N) is 3. The highest BCUT2D eigenvalue weighted by Gasteiger charge is 2.12. The van der Waals surface area contributed by atoms with Crippen LogP contribution in [0.2, 0.25) is 5.15 Å². The normalized spacial score (nSPS) is 10.6. The Kier molecular flexibility index (Phi) is 2.85. The summed E-state index contributed by atoms with van der Waals surface area (Å²) in [7, 11) is 0. The number of rotatable bonds is 2. The predicted molar refractivity (Wildman–Crippen MR) is 71.1 cm³/mol. The van der Waals surface area contributed by atoms with E-state index in [1.165, 1.54) is 12.4 Å². The molecular weight excluding hydrogens is 266 g/mol. The van der Waals surface area contributed by atoms with Crippen LogP contribution in [0, 0.1) is 0 Å². The summed E-state index contributed by atoms with van der Waals surface area (Å²) >= 11 is 6.00. The van der Waals surface area contributed by atoms with Crippen molar-refractivity contribution >= 4 is 34.4 Å². The van der Waals surface area contributed by atoms with Gasteiger partial charge in [0.05, 0.1) is 22.8 Å². The fourth-order valence-corrected chi connectivity index (χ4v) is 1.79. The monoisotopic (exact) mass is 273 g/mol. The maximum absolute atomic E-state index is 11.9. The second-order valence-electron chi connectivity index (χ2n) is 3.79. The van der Waals surface area contributed by atoms with E-state index in [1.54, 1.807) is 12.1 Å². The van der Waals surface area contributed by atoms with Gasteiger partial charge >= 0.3 is 0 Å². The van der Waals surface area contributed by atoms with E-state index in [1.807, 2.05) is 12.1 Å². The number of hydrogen-bond donors (Lipinski definition) is 2. The topological polar surface area (TPSA) is 83.6 Å². The second-order valence-corrected chi connectivity index (χ2v) is 4.15. The molecule has 0 radical (unpaired) electrons. The first-order valence-corrected chi connectivity index (χ1v) is 5.84. The van der Waals surface area contributed by atoms with Crippen LogP contribution in [0.5, 0.6) is 0 Å². The van der Waals surface area contributed by atoms with Gasteiger partial charge in [0.25, 0.3) is 5.91 Å². The molecule has 0 bridgehead atoms. The lowest BCUT2D eigenvalue weighted by molar-refractivity contribution is 0.102. The van der Waals surface area contributed by atoms with E-state index in [4.69, 9.17) is 11.6 Å². The third-order valence-electron chi connectivity index (χ3n) is 2.52. The minimum absolute atomic E-state index is 0.149. The maximum atomic E-state index is 11.9. The fourth-order valence-electron chi connectivity index (χ4n) is 1.61. The van der Waals surface area contributed by atoms with Crippen molar-refractivity contribution in [3.8, 4) is 0 Å². The molecule has 94 valence electrons. The van der Waals surface area contributed by atoms with Gasteiger partial charge in [0.1, 0.15) is 0 Å². The van der Waals surface area contributed by atoms with Crippen LogP contribution < -0.4 is 5.32 Å². The van der Waals surface area contributed by atoms with Gasteiger partial charge in [-0.3, -0.25) is 9.89 Å². The minimum Gasteiger partial charge on any atom is -0.304 e. The third kappa shape index (κ3) is 2.25. The standard InChI is InChI=1S/C12H8ClN5O/c13-10-11(18-12(19)7-5-14-15-6-7)17-9-4-2-1-3-8(9)16-10/h1-6H,(H,14,15)(H,17,18,19). The first kappa shape index (κ1) is 11.6. The molecule has 19 heavy (non-hydrogen) atoms. The number of benzene rings is 1. The number of carbonyl (C=O) groups excluding carboxylic acids is 1. The largest absolute Gasteiger partial charge is 0.304 e. The summed E-state index contributed by atoms with van der Waals surface area (Å²) in [5.41, 5.74) is 1.73. The number of nitrogens with one attached hydrogen (secondary N) is 2. The molecule has 3 aromatic rings. The van der Waals surface area contributed by atoms with Crippen LogP contribution >= 0.6 is 11.6 Å². The third-order valence-corrected chi connectivity index (χ3v) is 2.78. The lowest BCUT2D eigenvalue weighted by Gasteiger charge is -2.05. The number of anilines is 1. The van der Waals surface area contributed by atoms with Crippen LogP contribution in [-0.4, -0.2) is 26.1 Å². The molecule has 0 fully saturated rings. The molecule has 6 nitrogen and oxygen atoms in total. The zero-order chi connectivity index (χ0) is 13.2. The molecule has 0 aliphatic carbocycles. The van der Waals surface area contributed by atoms with E-state index < -0.39 is 0 Å². The van der Waals surface area contributed by atoms with E-state index in [0.29, 0.717) is 16.6 Å². The van der Waals surface area contributed by atoms with Gasteiger partial charge in [0.2, 0.25) is 0 Å². The molecule has 1 aromatic carbocycles. The molecule has 0 aliphatic rings. The summed E-state index contributed by atoms with van der Waals surface area (Å²) in [6, 6.07) is 7.28. The van der Waals surface area contributed by atoms with Crippen LogP contribution in [-0.2, 0) is 0 Å². The quantitative estimate of drug-likeness (QED) is 0.750. The molecule has 0 aliphatic heterocycles. The summed E-state index contributed by atoms with van der Waals surface area (Å²) in [4.78, 5) is 20.3. The number of aromatic amines is 1. The number of para-hydroxylation sites is 2. The molecule has 0 spiro atoms. The van der Waals surface area contributed by atoms with Crippen molar-refractivity contribution in [2.75, 3.05) is 5.32 Å². The molecule has 0 saturated heterocycles. The van der Waals surface area contributed by atoms with Crippen LogP contribution in [0.4, 0.5) is 5.82 Å². The van der Waals surface area contributed by atoms with Gasteiger partial charge in [-0.05, 0) is 12.1 Å². The number of fused-ring (bicyclic) bond motifs is 1. The van der Waals surface area contributed by atoms with Gasteiger partial charge in [-0.25, -0.2) is 9.97 Å². The number of aromatic nitrogens is 4. The minimum atomic E-state index is -0.347. The molecule has 2 heterocycles. The van der Waals surface area contributed by atoms with E-state index in [-0.39, 0.29) is 16.9 Å². The van der Waals surface area contributed by atoms with Gasteiger partial charge in [-0.2, -0.15) is 5.10 Å². The number of hydrogen-bond acceptors (Lipinski definition) is 4. The predicted octanol–water partition coefficient (Wildman–Crippen LogP) is 2.26. The highest BCUT2D eigenvalue weighted by molar-refractivity contribution is 6.32. The summed E-state index contributed by atoms with van der Waals surface area (Å²) in [5, 5.41) is 9.01. The van der Waals surface area contributed by atoms with Gasteiger partial charge in [-0.15, -0.1) is 0 Å². The Bertz CT molecular complexity index is 741. The van der Waals surface area contributed by atoms with E-state index in [9.17, 15) is 4.79 Å². The first-order chi connectivity index (χ1) is 9.24. The van der Waals surface area contributed by atoms with Gasteiger partial charge in [-0.1, -0.05) is 23.7 Å². The van der Waals surface area contributed by atoms with Gasteiger partial charge < -0.3 is 5.32 Å². The summed E-state index contributed by atoms with van der Waals surface area (Å²) < 4.78 is 0. The summed E-state index contributed by atoms with van der Waals surface area (Å²) in [6.07, 6.45) is 2.90. The zero-order valence-corrected chi connectivity index (χ0v) is 10.3. The molecule has 1 amide bonds. The van der Waals surface area contributed by atoms with E-state index >= 15 is 0 Å². The molecule has 0 atom stereocenters. The van der Waals surface area contributed by atoms with Crippen molar-refractivity contribution in [3.05, 3.63) is 47.4 Å². The Hall–Kier alpha value is -2.47. The highest BCUT2D eigenvalue weighted by atomic mass is 35.5. The number of halogens is 1. The smallest absolute Gasteiger partial charge is 0.260 e. The molecule has 2 aromatic heterocycles. The Morgan fingerprint density at radius 2 is 1.95 bits per heavy atom. The zero-order valence-electron chi connectivity index (χ0n) is 9.59. The number of carbonyl (C=O) groups is 1. The van der Waals surface area contributed by atoms with Crippen molar-refractivity contribution in [1.29, 1.82) is 0 Å². The molecule has 7 heteroatoms. The Labute approximate surface area is 112 Å². The number of amides is 1.